The van der Waals surface area contributed by atoms with Crippen LogP contribution in [0.4, 0.5) is 50.4 Å². The zero-order valence-electron chi connectivity index (χ0n) is 66.1. The van der Waals surface area contributed by atoms with Crippen LogP contribution in [0, 0.1) is 55.4 Å². The van der Waals surface area contributed by atoms with E-state index in [0.717, 1.165) is 22.1 Å². The number of aromatic nitrogens is 4. The maximum atomic E-state index is 9.87. The number of nitrogens with zero attached hydrogens (tertiary/aromatic N) is 4. The zero-order valence-corrected chi connectivity index (χ0v) is 76.8. The van der Waals surface area contributed by atoms with Gasteiger partial charge in [-0.15, -0.1) is 46.4 Å². The first-order valence-corrected chi connectivity index (χ1v) is 50.2. The molecular weight excluding hydrogens is 1820 g/mol. The molecule has 0 amide bonds. The van der Waals surface area contributed by atoms with Crippen molar-refractivity contribution in [2.75, 3.05) is 35.3 Å². The number of fused-ring (bicyclic) bond motifs is 6. The van der Waals surface area contributed by atoms with E-state index in [4.69, 9.17) is 46.4 Å². The second-order valence-electron chi connectivity index (χ2n) is 27.4. The van der Waals surface area contributed by atoms with Gasteiger partial charge in [-0.05, 0) is 223 Å². The Morgan fingerprint density at radius 2 is 0.347 bits per heavy atom. The monoisotopic (exact) mass is 1910 g/mol. The van der Waals surface area contributed by atoms with Gasteiger partial charge in [0.05, 0.1) is 132 Å². The van der Waals surface area contributed by atoms with Crippen LogP contribution in [0.2, 0.25) is 0 Å². The standard InChI is InChI=1S/2C28H28P2.2C16H16N2.2CH2Cl2.2Cu.2F6P/c2*1-5-15-25(16-6-1)29(26-17-7-2-8-18-26)23-13-14-24-30(27-19-9-3-10-20-27)28-21-11-4-12-22-28;2*1-9-7-17-15-13(11(9)3)5-6-14-12(4)10(2)8-18-16(14)15;2*2-1-3;;;2*1-7(2,3,4,5)6/h2*1-12,15-22H,13-14,23-24H2;2*5-8H,1-4H3;2*1H2;;;;/q;;;;;;2*+1;2*-1/p+4. The Morgan fingerprint density at radius 1 is 0.229 bits per heavy atom. The van der Waals surface area contributed by atoms with Gasteiger partial charge in [-0.1, -0.05) is 170 Å². The van der Waals surface area contributed by atoms with Crippen molar-refractivity contribution in [1.82, 2.24) is 19.9 Å². The Hall–Kier alpha value is -6.22. The van der Waals surface area contributed by atoms with Crippen LogP contribution >= 0.6 is 93.7 Å². The smallest absolute Gasteiger partial charge is 0.0620 e. The van der Waals surface area contributed by atoms with Gasteiger partial charge in [-0.25, -0.2) is 0 Å². The van der Waals surface area contributed by atoms with Crippen molar-refractivity contribution >= 4 is 180 Å². The van der Waals surface area contributed by atoms with Crippen molar-refractivity contribution in [1.29, 1.82) is 0 Å². The van der Waals surface area contributed by atoms with E-state index in [1.807, 2.05) is 24.8 Å². The Balaban J connectivity index is 0.000000263. The molecule has 0 fully saturated rings. The number of alkyl halides is 4. The molecule has 14 aromatic rings. The Kier molecular flexibility index (Phi) is 40.2. The summed E-state index contributed by atoms with van der Waals surface area (Å²) in [5.41, 5.74) is 14.1. The third kappa shape index (κ3) is 36.1. The quantitative estimate of drug-likeness (QED) is 0.0215. The van der Waals surface area contributed by atoms with Crippen LogP contribution in [0.1, 0.15) is 70.2 Å². The van der Waals surface area contributed by atoms with Crippen LogP contribution in [-0.2, 0) is 34.1 Å². The molecule has 14 rings (SSSR count). The molecular formula is C90H96Cl4Cu2F12N4P6+4. The molecule has 0 aliphatic rings. The average Bonchev–Trinajstić information content (AvgIpc) is 0.778. The SMILES string of the molecule is Cc1cnc2c(ccc3c(C)c(C)cnc32)c1C.Cc1cnc2c(ccc3c(C)c(C)cnc32)c1C.ClCCl.ClCCl.F[P-](F)(F)(F)(F)F.F[P-](F)(F)(F)(F)F.[Cu+].[Cu+].c1ccc([PH+](CCCC[PH+](c2ccccc2)c2ccccc2)c2ccccc2)cc1.c1ccc([PH+](CCCC[PH+](c2ccccc2)c2ccccc2)c2ccccc2)cc1. The van der Waals surface area contributed by atoms with E-state index in [1.165, 1.54) is 159 Å². The van der Waals surface area contributed by atoms with Crippen molar-refractivity contribution in [3.63, 3.8) is 0 Å². The first-order valence-electron chi connectivity index (χ1n) is 37.2. The molecule has 28 heteroatoms. The third-order valence-corrected chi connectivity index (χ3v) is 30.7. The molecule has 0 aliphatic carbocycles. The minimum Gasteiger partial charge on any atom is -0.0620 e. The van der Waals surface area contributed by atoms with Gasteiger partial charge >= 0.3 is 100 Å². The molecule has 0 radical (unpaired) electrons. The van der Waals surface area contributed by atoms with Gasteiger partial charge in [-0.3, -0.25) is 19.9 Å². The van der Waals surface area contributed by atoms with Gasteiger partial charge in [0.25, 0.3) is 0 Å². The van der Waals surface area contributed by atoms with Crippen LogP contribution in [0.15, 0.2) is 292 Å². The molecule has 4 heterocycles. The summed E-state index contributed by atoms with van der Waals surface area (Å²) in [5.74, 6) is 0. The number of aryl methyl sites for hydroxylation is 8. The Labute approximate surface area is 731 Å². The number of pyridine rings is 4. The van der Waals surface area contributed by atoms with Crippen LogP contribution in [-0.4, -0.2) is 55.3 Å². The fourth-order valence-corrected chi connectivity index (χ4v) is 23.7. The molecule has 0 saturated carbocycles. The molecule has 0 spiro atoms. The summed E-state index contributed by atoms with van der Waals surface area (Å²) in [4.78, 5) is 18.3. The fourth-order valence-electron chi connectivity index (χ4n) is 12.9. The maximum Gasteiger partial charge on any atom is 1.00 e. The maximum absolute atomic E-state index is 10.7. The second-order valence-corrected chi connectivity index (χ2v) is 43.3. The molecule has 0 unspecified atom stereocenters. The van der Waals surface area contributed by atoms with E-state index in [1.54, 1.807) is 0 Å². The van der Waals surface area contributed by atoms with Gasteiger partial charge in [0.15, 0.2) is 0 Å². The topological polar surface area (TPSA) is 51.6 Å². The Bertz CT molecular complexity index is 4550. The summed E-state index contributed by atoms with van der Waals surface area (Å²) >= 11 is 19.1. The van der Waals surface area contributed by atoms with Crippen LogP contribution in [0.5, 0.6) is 0 Å². The summed E-state index contributed by atoms with van der Waals surface area (Å²) in [7, 11) is -24.2. The van der Waals surface area contributed by atoms with Gasteiger partial charge in [0.2, 0.25) is 0 Å². The van der Waals surface area contributed by atoms with Crippen LogP contribution < -0.4 is 42.4 Å². The van der Waals surface area contributed by atoms with Crippen molar-refractivity contribution in [3.05, 3.63) is 336 Å². The molecule has 10 aromatic carbocycles. The van der Waals surface area contributed by atoms with E-state index >= 15 is 0 Å². The molecule has 0 bridgehead atoms. The van der Waals surface area contributed by atoms with E-state index in [2.05, 4.69) is 342 Å². The van der Waals surface area contributed by atoms with Crippen molar-refractivity contribution in [2.24, 2.45) is 0 Å². The summed E-state index contributed by atoms with van der Waals surface area (Å²) in [6.45, 7) is 17.0. The summed E-state index contributed by atoms with van der Waals surface area (Å²) < 4.78 is 118. The molecule has 118 heavy (non-hydrogen) atoms. The van der Waals surface area contributed by atoms with E-state index in [-0.39, 0.29) is 44.8 Å². The number of unbranched alkanes of at least 4 members (excludes halogenated alkanes) is 2. The summed E-state index contributed by atoms with van der Waals surface area (Å²) in [6, 6.07) is 97.9. The molecule has 0 N–H and O–H groups in total. The minimum atomic E-state index is -10.7. The normalized spacial score (nSPS) is 12.2. The first-order chi connectivity index (χ1) is 54.7. The first kappa shape index (κ1) is 102. The number of halogens is 16. The third-order valence-electron chi connectivity index (χ3n) is 19.0. The van der Waals surface area contributed by atoms with E-state index < -0.39 is 47.3 Å². The number of hydrogen-bond donors (Lipinski definition) is 0. The second kappa shape index (κ2) is 46.3. The Morgan fingerprint density at radius 3 is 0.466 bits per heavy atom. The fraction of sp³-hybridized carbons (Fsp3) is 0.200. The van der Waals surface area contributed by atoms with Gasteiger partial charge in [0.1, 0.15) is 0 Å². The molecule has 4 nitrogen and oxygen atoms in total. The zero-order chi connectivity index (χ0) is 84.8. The van der Waals surface area contributed by atoms with Crippen molar-refractivity contribution < 1.29 is 84.5 Å². The van der Waals surface area contributed by atoms with Gasteiger partial charge in [-0.2, -0.15) is 0 Å². The predicted molar refractivity (Wildman–Crippen MR) is 492 cm³/mol. The number of hydrogen-bond acceptors (Lipinski definition) is 4. The molecule has 636 valence electrons. The minimum absolute atomic E-state index is 0. The molecule has 0 aliphatic heterocycles. The van der Waals surface area contributed by atoms with E-state index in [0.29, 0.717) is 0 Å². The largest absolute Gasteiger partial charge is 1.00 e. The molecule has 4 aromatic heterocycles. The van der Waals surface area contributed by atoms with Crippen molar-refractivity contribution in [2.45, 2.75) is 81.1 Å². The molecule has 0 saturated heterocycles. The van der Waals surface area contributed by atoms with Gasteiger partial charge < -0.3 is 0 Å². The number of rotatable bonds is 18. The summed E-state index contributed by atoms with van der Waals surface area (Å²) in [6.07, 6.45) is 18.2. The average molecular weight is 1920 g/mol. The predicted octanol–water partition coefficient (Wildman–Crippen LogP) is 28.6. The molecule has 0 atom stereocenters. The van der Waals surface area contributed by atoms with Gasteiger partial charge in [0, 0.05) is 46.3 Å². The van der Waals surface area contributed by atoms with Crippen molar-refractivity contribution in [3.8, 4) is 0 Å². The summed E-state index contributed by atoms with van der Waals surface area (Å²) in [5, 5.41) is 17.5. The number of benzene rings is 10. The van der Waals surface area contributed by atoms with Crippen LogP contribution in [0.3, 0.4) is 0 Å². The van der Waals surface area contributed by atoms with E-state index in [9.17, 15) is 50.4 Å². The van der Waals surface area contributed by atoms with Crippen LogP contribution in [0.25, 0.3) is 43.6 Å².